The number of carbonyl (C=O) groups excluding carboxylic acids is 1. The second-order valence-corrected chi connectivity index (χ2v) is 5.17. The quantitative estimate of drug-likeness (QED) is 0.925. The number of likely N-dealkylation sites (tertiary alicyclic amines) is 1. The molecule has 1 unspecified atom stereocenters. The average molecular weight is 309 g/mol. The third-order valence-electron chi connectivity index (χ3n) is 3.28. The summed E-state index contributed by atoms with van der Waals surface area (Å²) in [4.78, 5) is 17.4. The first-order valence-electron chi connectivity index (χ1n) is 5.95. The number of aromatic nitrogens is 1. The normalized spacial score (nSPS) is 19.4. The second-order valence-electron chi connectivity index (χ2n) is 4.39. The molecular weight excluding hydrogens is 296 g/mol. The lowest BCUT2D eigenvalue weighted by atomic mass is 10.1. The minimum absolute atomic E-state index is 0.0437. The van der Waals surface area contributed by atoms with Crippen LogP contribution in [0, 0.1) is 0 Å². The van der Waals surface area contributed by atoms with E-state index in [9.17, 15) is 4.79 Å². The molecule has 0 aliphatic carbocycles. The van der Waals surface area contributed by atoms with Crippen molar-refractivity contribution in [1.29, 1.82) is 0 Å². The van der Waals surface area contributed by atoms with Crippen molar-refractivity contribution in [3.63, 3.8) is 0 Å². The number of hydrogen-bond acceptors (Lipinski definition) is 2. The van der Waals surface area contributed by atoms with E-state index in [4.69, 9.17) is 4.42 Å². The Labute approximate surface area is 113 Å². The fourth-order valence-corrected chi connectivity index (χ4v) is 2.76. The van der Waals surface area contributed by atoms with E-state index in [2.05, 4.69) is 20.9 Å². The molecular formula is C13H13BrN2O2. The zero-order chi connectivity index (χ0) is 12.5. The lowest BCUT2D eigenvalue weighted by Crippen LogP contribution is -2.30. The molecule has 1 atom stereocenters. The zero-order valence-corrected chi connectivity index (χ0v) is 11.3. The van der Waals surface area contributed by atoms with Crippen LogP contribution in [0.3, 0.4) is 0 Å². The highest BCUT2D eigenvalue weighted by Crippen LogP contribution is 2.32. The van der Waals surface area contributed by atoms with Crippen LogP contribution < -0.4 is 0 Å². The maximum Gasteiger partial charge on any atom is 0.290 e. The van der Waals surface area contributed by atoms with Crippen LogP contribution in [-0.4, -0.2) is 22.3 Å². The summed E-state index contributed by atoms with van der Waals surface area (Å²) < 4.78 is 5.92. The summed E-state index contributed by atoms with van der Waals surface area (Å²) in [6.45, 7) is 0.779. The summed E-state index contributed by atoms with van der Waals surface area (Å²) in [6, 6.07) is 7.56. The van der Waals surface area contributed by atoms with Crippen molar-refractivity contribution in [2.24, 2.45) is 0 Å². The van der Waals surface area contributed by atoms with Gasteiger partial charge in [-0.1, -0.05) is 0 Å². The molecule has 0 bridgehead atoms. The average Bonchev–Trinajstić information content (AvgIpc) is 3.08. The van der Waals surface area contributed by atoms with E-state index in [1.807, 2.05) is 23.2 Å². The van der Waals surface area contributed by atoms with E-state index < -0.39 is 0 Å². The summed E-state index contributed by atoms with van der Waals surface area (Å²) in [5, 5.41) is 0. The number of H-pyrrole nitrogens is 1. The van der Waals surface area contributed by atoms with Crippen LogP contribution in [0.15, 0.2) is 39.5 Å². The van der Waals surface area contributed by atoms with Crippen LogP contribution in [0.25, 0.3) is 0 Å². The monoisotopic (exact) mass is 308 g/mol. The van der Waals surface area contributed by atoms with Gasteiger partial charge in [0.05, 0.1) is 6.04 Å². The molecule has 1 saturated heterocycles. The van der Waals surface area contributed by atoms with E-state index in [0.717, 1.165) is 25.1 Å². The molecule has 1 N–H and O–H groups in total. The summed E-state index contributed by atoms with van der Waals surface area (Å²) in [5.74, 6) is 0.345. The number of amides is 1. The SMILES string of the molecule is O=C(c1ccc(Br)o1)N1CCCC1c1ccc[nH]1. The van der Waals surface area contributed by atoms with Gasteiger partial charge in [0.1, 0.15) is 0 Å². The Hall–Kier alpha value is -1.49. The predicted octanol–water partition coefficient (Wildman–Crippen LogP) is 3.35. The van der Waals surface area contributed by atoms with Gasteiger partial charge in [-0.05, 0) is 53.0 Å². The van der Waals surface area contributed by atoms with Gasteiger partial charge in [0.25, 0.3) is 5.91 Å². The van der Waals surface area contributed by atoms with Crippen LogP contribution >= 0.6 is 15.9 Å². The zero-order valence-electron chi connectivity index (χ0n) is 9.73. The Morgan fingerprint density at radius 2 is 2.33 bits per heavy atom. The molecule has 0 radical (unpaired) electrons. The van der Waals surface area contributed by atoms with E-state index in [1.165, 1.54) is 0 Å². The molecule has 1 aliphatic rings. The summed E-state index contributed by atoms with van der Waals surface area (Å²) in [5.41, 5.74) is 1.09. The van der Waals surface area contributed by atoms with E-state index >= 15 is 0 Å². The Morgan fingerprint density at radius 1 is 1.44 bits per heavy atom. The molecule has 3 rings (SSSR count). The number of rotatable bonds is 2. The van der Waals surface area contributed by atoms with E-state index in [0.29, 0.717) is 10.4 Å². The van der Waals surface area contributed by atoms with Gasteiger partial charge in [-0.2, -0.15) is 0 Å². The molecule has 94 valence electrons. The largest absolute Gasteiger partial charge is 0.444 e. The van der Waals surface area contributed by atoms with E-state index in [-0.39, 0.29) is 11.9 Å². The van der Waals surface area contributed by atoms with Crippen molar-refractivity contribution in [2.45, 2.75) is 18.9 Å². The van der Waals surface area contributed by atoms with Gasteiger partial charge in [0.2, 0.25) is 0 Å². The molecule has 0 saturated carbocycles. The highest BCUT2D eigenvalue weighted by atomic mass is 79.9. The first-order valence-corrected chi connectivity index (χ1v) is 6.74. The molecule has 0 spiro atoms. The molecule has 1 aliphatic heterocycles. The van der Waals surface area contributed by atoms with Crippen LogP contribution in [0.5, 0.6) is 0 Å². The smallest absolute Gasteiger partial charge is 0.290 e. The Kier molecular flexibility index (Phi) is 2.99. The number of hydrogen-bond donors (Lipinski definition) is 1. The number of furan rings is 1. The van der Waals surface area contributed by atoms with Crippen molar-refractivity contribution in [1.82, 2.24) is 9.88 Å². The summed E-state index contributed by atoms with van der Waals surface area (Å²) in [6.07, 6.45) is 3.91. The fourth-order valence-electron chi connectivity index (χ4n) is 2.46. The fraction of sp³-hybridized carbons (Fsp3) is 0.308. The minimum Gasteiger partial charge on any atom is -0.444 e. The highest BCUT2D eigenvalue weighted by molar-refractivity contribution is 9.10. The van der Waals surface area contributed by atoms with Crippen LogP contribution in [-0.2, 0) is 0 Å². The van der Waals surface area contributed by atoms with Crippen molar-refractivity contribution in [2.75, 3.05) is 6.54 Å². The number of halogens is 1. The van der Waals surface area contributed by atoms with Gasteiger partial charge in [0.15, 0.2) is 10.4 Å². The highest BCUT2D eigenvalue weighted by Gasteiger charge is 2.32. The van der Waals surface area contributed by atoms with Crippen LogP contribution in [0.4, 0.5) is 0 Å². The molecule has 1 fully saturated rings. The van der Waals surface area contributed by atoms with Crippen molar-refractivity contribution in [3.8, 4) is 0 Å². The number of nitrogens with one attached hydrogen (secondary N) is 1. The molecule has 18 heavy (non-hydrogen) atoms. The molecule has 3 heterocycles. The molecule has 2 aromatic heterocycles. The predicted molar refractivity (Wildman–Crippen MR) is 70.2 cm³/mol. The number of nitrogens with zero attached hydrogens (tertiary/aromatic N) is 1. The molecule has 5 heteroatoms. The Morgan fingerprint density at radius 3 is 3.00 bits per heavy atom. The maximum absolute atomic E-state index is 12.4. The first-order chi connectivity index (χ1) is 8.75. The van der Waals surface area contributed by atoms with Crippen molar-refractivity contribution in [3.05, 3.63) is 46.6 Å². The molecule has 4 nitrogen and oxygen atoms in total. The minimum atomic E-state index is -0.0437. The topological polar surface area (TPSA) is 49.2 Å². The summed E-state index contributed by atoms with van der Waals surface area (Å²) in [7, 11) is 0. The Balaban J connectivity index is 1.85. The van der Waals surface area contributed by atoms with Gasteiger partial charge in [-0.3, -0.25) is 4.79 Å². The second kappa shape index (κ2) is 4.65. The third kappa shape index (κ3) is 1.99. The van der Waals surface area contributed by atoms with Crippen LogP contribution in [0.2, 0.25) is 0 Å². The van der Waals surface area contributed by atoms with Gasteiger partial charge in [-0.15, -0.1) is 0 Å². The third-order valence-corrected chi connectivity index (χ3v) is 3.70. The first kappa shape index (κ1) is 11.6. The van der Waals surface area contributed by atoms with Gasteiger partial charge in [0, 0.05) is 18.4 Å². The molecule has 0 aromatic carbocycles. The standard InChI is InChI=1S/C13H13BrN2O2/c14-12-6-5-11(18-12)13(17)16-8-2-4-10(16)9-3-1-7-15-9/h1,3,5-7,10,15H,2,4,8H2. The van der Waals surface area contributed by atoms with Crippen molar-refractivity contribution >= 4 is 21.8 Å². The Bertz CT molecular complexity index is 547. The number of carbonyl (C=O) groups is 1. The molecule has 2 aromatic rings. The van der Waals surface area contributed by atoms with Crippen molar-refractivity contribution < 1.29 is 9.21 Å². The number of aromatic amines is 1. The maximum atomic E-state index is 12.4. The van der Waals surface area contributed by atoms with E-state index in [1.54, 1.807) is 12.1 Å². The van der Waals surface area contributed by atoms with Gasteiger partial charge < -0.3 is 14.3 Å². The lowest BCUT2D eigenvalue weighted by molar-refractivity contribution is 0.0699. The summed E-state index contributed by atoms with van der Waals surface area (Å²) >= 11 is 3.22. The van der Waals surface area contributed by atoms with Gasteiger partial charge >= 0.3 is 0 Å². The molecule has 1 amide bonds. The van der Waals surface area contributed by atoms with Crippen LogP contribution in [0.1, 0.15) is 35.1 Å². The lowest BCUT2D eigenvalue weighted by Gasteiger charge is -2.22. The van der Waals surface area contributed by atoms with Gasteiger partial charge in [-0.25, -0.2) is 0 Å².